The van der Waals surface area contributed by atoms with Crippen molar-refractivity contribution in [3.05, 3.63) is 0 Å². The zero-order valence-corrected chi connectivity index (χ0v) is 21.9. The summed E-state index contributed by atoms with van der Waals surface area (Å²) >= 11 is 0. The van der Waals surface area contributed by atoms with Gasteiger partial charge in [0.1, 0.15) is 0 Å². The lowest BCUT2D eigenvalue weighted by Gasteiger charge is -2.37. The van der Waals surface area contributed by atoms with E-state index in [1.54, 1.807) is 0 Å². The van der Waals surface area contributed by atoms with Crippen molar-refractivity contribution in [1.82, 2.24) is 0 Å². The molecule has 4 heteroatoms. The molecule has 0 aromatic carbocycles. The molecule has 0 aromatic heterocycles. The number of rotatable bonds is 20. The Morgan fingerprint density at radius 1 is 0.742 bits per heavy atom. The van der Waals surface area contributed by atoms with E-state index in [0.717, 1.165) is 44.9 Å². The van der Waals surface area contributed by atoms with E-state index in [9.17, 15) is 4.79 Å². The van der Waals surface area contributed by atoms with Crippen LogP contribution in [0, 0.1) is 23.2 Å². The van der Waals surface area contributed by atoms with E-state index in [0.29, 0.717) is 17.8 Å². The minimum atomic E-state index is -0.458. The van der Waals surface area contributed by atoms with E-state index in [1.807, 2.05) is 0 Å². The second-order valence-corrected chi connectivity index (χ2v) is 10.6. The van der Waals surface area contributed by atoms with Crippen molar-refractivity contribution in [3.8, 4) is 0 Å². The molecule has 0 aliphatic heterocycles. The highest BCUT2D eigenvalue weighted by Gasteiger charge is 2.39. The molecule has 31 heavy (non-hydrogen) atoms. The molecule has 6 atom stereocenters. The molecule has 0 fully saturated rings. The summed E-state index contributed by atoms with van der Waals surface area (Å²) in [5.74, 6) is 1.09. The Bertz CT molecular complexity index is 456. The summed E-state index contributed by atoms with van der Waals surface area (Å²) in [6.07, 6.45) is 16.1. The maximum absolute atomic E-state index is 12.7. The predicted octanol–water partition coefficient (Wildman–Crippen LogP) is 6.54. The number of amides is 1. The van der Waals surface area contributed by atoms with E-state index in [-0.39, 0.29) is 18.0 Å². The summed E-state index contributed by atoms with van der Waals surface area (Å²) in [7, 11) is 0. The van der Waals surface area contributed by atoms with Crippen molar-refractivity contribution in [2.75, 3.05) is 0 Å². The highest BCUT2D eigenvalue weighted by molar-refractivity contribution is 5.80. The number of carbonyl (C=O) groups is 1. The number of nitrogens with two attached hydrogens (primary N) is 3. The number of hydrogen-bond donors (Lipinski definition) is 3. The third-order valence-corrected chi connectivity index (χ3v) is 8.11. The van der Waals surface area contributed by atoms with Crippen molar-refractivity contribution < 1.29 is 4.79 Å². The molecule has 186 valence electrons. The van der Waals surface area contributed by atoms with Crippen molar-refractivity contribution in [3.63, 3.8) is 0 Å². The molecule has 0 heterocycles. The first-order valence-electron chi connectivity index (χ1n) is 13.4. The number of primary amides is 1. The smallest absolute Gasteiger partial charge is 0.223 e. The van der Waals surface area contributed by atoms with Gasteiger partial charge in [-0.2, -0.15) is 0 Å². The average Bonchev–Trinajstić information content (AvgIpc) is 2.76. The zero-order chi connectivity index (χ0) is 23.9. The molecule has 0 saturated heterocycles. The molecule has 6 N–H and O–H groups in total. The minimum Gasteiger partial charge on any atom is -0.369 e. The van der Waals surface area contributed by atoms with Gasteiger partial charge in [0.2, 0.25) is 5.91 Å². The van der Waals surface area contributed by atoms with Crippen LogP contribution >= 0.6 is 0 Å². The zero-order valence-electron chi connectivity index (χ0n) is 21.9. The van der Waals surface area contributed by atoms with Crippen molar-refractivity contribution in [1.29, 1.82) is 0 Å². The summed E-state index contributed by atoms with van der Waals surface area (Å²) in [4.78, 5) is 12.7. The molecule has 0 rings (SSSR count). The Balaban J connectivity index is 5.10. The van der Waals surface area contributed by atoms with Gasteiger partial charge in [0, 0.05) is 17.5 Å². The Hall–Kier alpha value is -0.610. The van der Waals surface area contributed by atoms with Gasteiger partial charge in [0.05, 0.1) is 0 Å². The van der Waals surface area contributed by atoms with Gasteiger partial charge < -0.3 is 17.2 Å². The number of unbranched alkanes of at least 4 members (excludes halogenated alkanes) is 6. The molecule has 0 radical (unpaired) electrons. The van der Waals surface area contributed by atoms with Gasteiger partial charge in [-0.3, -0.25) is 4.79 Å². The van der Waals surface area contributed by atoms with Crippen LogP contribution in [0.15, 0.2) is 0 Å². The molecule has 0 aliphatic carbocycles. The standard InChI is InChI=1S/C27H57N3O/c1-7-10-11-12-13-14-15-16-23(18-17-21(4)24(28)8-2)27(6,26(30)31)20-19-22(5)25(29)9-3/h21-25H,7-20,28-29H2,1-6H3,(H2,30,31). The Labute approximate surface area is 194 Å². The highest BCUT2D eigenvalue weighted by atomic mass is 16.1. The lowest BCUT2D eigenvalue weighted by Crippen LogP contribution is -2.42. The Morgan fingerprint density at radius 3 is 1.71 bits per heavy atom. The normalized spacial score (nSPS) is 18.7. The lowest BCUT2D eigenvalue weighted by atomic mass is 9.67. The van der Waals surface area contributed by atoms with E-state index in [1.165, 1.54) is 44.9 Å². The highest BCUT2D eigenvalue weighted by Crippen LogP contribution is 2.41. The molecule has 6 unspecified atom stereocenters. The minimum absolute atomic E-state index is 0.134. The summed E-state index contributed by atoms with van der Waals surface area (Å²) in [5, 5.41) is 0. The SMILES string of the molecule is CCCCCCCCCC(CCC(C)C(N)CC)C(C)(CCC(C)C(N)CC)C(N)=O. The van der Waals surface area contributed by atoms with Crippen LogP contribution in [0.25, 0.3) is 0 Å². The Morgan fingerprint density at radius 2 is 1.23 bits per heavy atom. The lowest BCUT2D eigenvalue weighted by molar-refractivity contribution is -0.131. The summed E-state index contributed by atoms with van der Waals surface area (Å²) in [6.45, 7) is 13.1. The quantitative estimate of drug-likeness (QED) is 0.188. The first-order valence-corrected chi connectivity index (χ1v) is 13.4. The van der Waals surface area contributed by atoms with Crippen LogP contribution < -0.4 is 17.2 Å². The van der Waals surface area contributed by atoms with Crippen molar-refractivity contribution in [2.24, 2.45) is 40.4 Å². The fourth-order valence-corrected chi connectivity index (χ4v) is 4.88. The number of hydrogen-bond acceptors (Lipinski definition) is 3. The molecule has 4 nitrogen and oxygen atoms in total. The fraction of sp³-hybridized carbons (Fsp3) is 0.963. The third kappa shape index (κ3) is 11.7. The number of carbonyl (C=O) groups excluding carboxylic acids is 1. The Kier molecular flexibility index (Phi) is 16.6. The average molecular weight is 440 g/mol. The van der Waals surface area contributed by atoms with E-state index < -0.39 is 5.41 Å². The van der Waals surface area contributed by atoms with Gasteiger partial charge in [0.25, 0.3) is 0 Å². The summed E-state index contributed by atoms with van der Waals surface area (Å²) in [6, 6.07) is 0.433. The van der Waals surface area contributed by atoms with Gasteiger partial charge in [-0.1, -0.05) is 86.5 Å². The van der Waals surface area contributed by atoms with Gasteiger partial charge >= 0.3 is 0 Å². The van der Waals surface area contributed by atoms with E-state index in [4.69, 9.17) is 17.2 Å². The van der Waals surface area contributed by atoms with Gasteiger partial charge in [-0.25, -0.2) is 0 Å². The molecule has 0 spiro atoms. The van der Waals surface area contributed by atoms with Gasteiger partial charge in [-0.15, -0.1) is 0 Å². The maximum Gasteiger partial charge on any atom is 0.223 e. The van der Waals surface area contributed by atoms with Crippen molar-refractivity contribution >= 4 is 5.91 Å². The maximum atomic E-state index is 12.7. The molecule has 0 bridgehead atoms. The van der Waals surface area contributed by atoms with E-state index >= 15 is 0 Å². The molecule has 1 amide bonds. The second kappa shape index (κ2) is 16.9. The molecule has 0 aromatic rings. The first-order chi connectivity index (χ1) is 14.6. The van der Waals surface area contributed by atoms with Crippen LogP contribution in [0.3, 0.4) is 0 Å². The van der Waals surface area contributed by atoms with Crippen LogP contribution in [0.2, 0.25) is 0 Å². The molecule has 0 saturated carbocycles. The first kappa shape index (κ1) is 30.4. The largest absolute Gasteiger partial charge is 0.369 e. The molecular weight excluding hydrogens is 382 g/mol. The van der Waals surface area contributed by atoms with Gasteiger partial charge in [-0.05, 0) is 62.7 Å². The van der Waals surface area contributed by atoms with E-state index in [2.05, 4.69) is 41.5 Å². The molecular formula is C27H57N3O. The topological polar surface area (TPSA) is 95.1 Å². The van der Waals surface area contributed by atoms with Crippen LogP contribution in [-0.2, 0) is 4.79 Å². The summed E-state index contributed by atoms with van der Waals surface area (Å²) in [5.41, 5.74) is 18.1. The predicted molar refractivity (Wildman–Crippen MR) is 137 cm³/mol. The second-order valence-electron chi connectivity index (χ2n) is 10.6. The summed E-state index contributed by atoms with van der Waals surface area (Å²) < 4.78 is 0. The van der Waals surface area contributed by atoms with Crippen LogP contribution in [0.1, 0.15) is 131 Å². The molecule has 0 aliphatic rings. The van der Waals surface area contributed by atoms with Crippen LogP contribution in [0.5, 0.6) is 0 Å². The van der Waals surface area contributed by atoms with Crippen LogP contribution in [0.4, 0.5) is 0 Å². The fourth-order valence-electron chi connectivity index (χ4n) is 4.88. The third-order valence-electron chi connectivity index (χ3n) is 8.11. The van der Waals surface area contributed by atoms with Crippen molar-refractivity contribution in [2.45, 2.75) is 144 Å². The van der Waals surface area contributed by atoms with Gasteiger partial charge in [0.15, 0.2) is 0 Å². The monoisotopic (exact) mass is 439 g/mol. The van der Waals surface area contributed by atoms with Crippen LogP contribution in [-0.4, -0.2) is 18.0 Å².